The van der Waals surface area contributed by atoms with E-state index in [0.29, 0.717) is 6.61 Å². The van der Waals surface area contributed by atoms with E-state index in [-0.39, 0.29) is 4.38 Å². The molecule has 0 bridgehead atoms. The summed E-state index contributed by atoms with van der Waals surface area (Å²) in [7, 11) is 0. The fraction of sp³-hybridized carbons (Fsp3) is 0.667. The summed E-state index contributed by atoms with van der Waals surface area (Å²) < 4.78 is 4.64. The minimum Gasteiger partial charge on any atom is -0.478 e. The first-order valence-corrected chi connectivity index (χ1v) is 4.81. The number of rotatable bonds is 3. The summed E-state index contributed by atoms with van der Waals surface area (Å²) in [5, 5.41) is 0. The Morgan fingerprint density at radius 3 is 2.82 bits per heavy atom. The van der Waals surface area contributed by atoms with Crippen LogP contribution in [0.1, 0.15) is 19.8 Å². The Morgan fingerprint density at radius 1 is 1.73 bits per heavy atom. The lowest BCUT2D eigenvalue weighted by molar-refractivity contribution is 0.275. The van der Waals surface area contributed by atoms with Gasteiger partial charge in [0, 0.05) is 11.8 Å². The fourth-order valence-corrected chi connectivity index (χ4v) is 1.33. The number of hydrogen-bond donors (Lipinski definition) is 0. The van der Waals surface area contributed by atoms with Crippen molar-refractivity contribution < 1.29 is 9.53 Å². The third-order valence-electron chi connectivity index (χ3n) is 0.881. The van der Waals surface area contributed by atoms with Gasteiger partial charge in [-0.05, 0) is 30.2 Å². The van der Waals surface area contributed by atoms with E-state index in [1.165, 1.54) is 0 Å². The highest BCUT2D eigenvalue weighted by Crippen LogP contribution is 2.11. The van der Waals surface area contributed by atoms with Crippen LogP contribution in [0.3, 0.4) is 0 Å². The molecular weight excluding hydrogens is 204 g/mol. The number of hydrogen-bond acceptors (Lipinski definition) is 4. The van der Waals surface area contributed by atoms with Crippen LogP contribution >= 0.6 is 35.6 Å². The van der Waals surface area contributed by atoms with E-state index in [2.05, 4.69) is 12.2 Å². The average Bonchev–Trinajstić information content (AvgIpc) is 1.86. The zero-order valence-electron chi connectivity index (χ0n) is 6.13. The summed E-state index contributed by atoms with van der Waals surface area (Å²) in [4.78, 5) is 10.2. The molecule has 0 N–H and O–H groups in total. The zero-order chi connectivity index (χ0) is 8.69. The second-order valence-electron chi connectivity index (χ2n) is 1.79. The van der Waals surface area contributed by atoms with Gasteiger partial charge in [0.05, 0.1) is 6.61 Å². The van der Waals surface area contributed by atoms with Crippen molar-refractivity contribution in [2.24, 2.45) is 0 Å². The molecule has 0 amide bonds. The lowest BCUT2D eigenvalue weighted by Gasteiger charge is -2.01. The van der Waals surface area contributed by atoms with Crippen molar-refractivity contribution in [2.45, 2.75) is 19.8 Å². The molecule has 0 aromatic heterocycles. The molecule has 0 aliphatic rings. The molecule has 0 rings (SSSR count). The van der Waals surface area contributed by atoms with Gasteiger partial charge >= 0.3 is 0 Å². The zero-order valence-corrected chi connectivity index (χ0v) is 8.52. The second-order valence-corrected chi connectivity index (χ2v) is 3.93. The third-order valence-corrected chi connectivity index (χ3v) is 1.93. The Bertz CT molecular complexity index is 150. The van der Waals surface area contributed by atoms with Crippen molar-refractivity contribution in [2.75, 3.05) is 6.61 Å². The number of unbranched alkanes of at least 4 members (excludes halogenated alkanes) is 1. The topological polar surface area (TPSA) is 26.3 Å². The van der Waals surface area contributed by atoms with Crippen LogP contribution in [0.4, 0.5) is 4.79 Å². The van der Waals surface area contributed by atoms with Gasteiger partial charge in [-0.3, -0.25) is 4.79 Å². The maximum atomic E-state index is 10.2. The molecule has 0 saturated heterocycles. The number of halogens is 1. The summed E-state index contributed by atoms with van der Waals surface area (Å²) in [6.07, 6.45) is 1.99. The number of thioether (sulfide) groups is 1. The van der Waals surface area contributed by atoms with E-state index in [9.17, 15) is 4.79 Å². The Hall–Kier alpha value is 0.200. The van der Waals surface area contributed by atoms with E-state index in [4.69, 9.17) is 16.3 Å². The first-order chi connectivity index (χ1) is 5.16. The van der Waals surface area contributed by atoms with Crippen LogP contribution in [-0.2, 0) is 4.74 Å². The highest BCUT2D eigenvalue weighted by molar-refractivity contribution is 8.34. The molecule has 0 aliphatic carbocycles. The molecule has 0 atom stereocenters. The highest BCUT2D eigenvalue weighted by atomic mass is 35.5. The Morgan fingerprint density at radius 2 is 2.36 bits per heavy atom. The van der Waals surface area contributed by atoms with Gasteiger partial charge in [-0.15, -0.1) is 0 Å². The summed E-state index contributed by atoms with van der Waals surface area (Å²) in [6.45, 7) is 2.61. The van der Waals surface area contributed by atoms with Crippen LogP contribution < -0.4 is 0 Å². The predicted molar refractivity (Wildman–Crippen MR) is 52.3 cm³/mol. The number of thiocarbonyl (C=S) groups is 1. The standard InChI is InChI=1S/C6H9ClO2S2/c1-2-3-4-9-6(10)11-5(7)8/h2-4H2,1H3. The van der Waals surface area contributed by atoms with Crippen LogP contribution in [0.5, 0.6) is 0 Å². The van der Waals surface area contributed by atoms with Crippen LogP contribution in [0.25, 0.3) is 0 Å². The van der Waals surface area contributed by atoms with Crippen molar-refractivity contribution in [1.29, 1.82) is 0 Å². The van der Waals surface area contributed by atoms with Gasteiger partial charge in [0.2, 0.25) is 4.38 Å². The molecule has 0 fully saturated rings. The van der Waals surface area contributed by atoms with E-state index < -0.39 is 4.57 Å². The SMILES string of the molecule is CCCCOC(=S)SC(=O)Cl. The number of carbonyl (C=O) groups is 1. The monoisotopic (exact) mass is 212 g/mol. The molecule has 0 unspecified atom stereocenters. The van der Waals surface area contributed by atoms with Crippen molar-refractivity contribution in [3.63, 3.8) is 0 Å². The molecule has 11 heavy (non-hydrogen) atoms. The van der Waals surface area contributed by atoms with Crippen LogP contribution in [-0.4, -0.2) is 15.6 Å². The number of carbonyl (C=O) groups excluding carboxylic acids is 1. The molecule has 0 saturated carbocycles. The van der Waals surface area contributed by atoms with Gasteiger partial charge < -0.3 is 4.74 Å². The van der Waals surface area contributed by atoms with E-state index >= 15 is 0 Å². The van der Waals surface area contributed by atoms with Gasteiger partial charge in [0.15, 0.2) is 0 Å². The normalized spacial score (nSPS) is 9.27. The Balaban J connectivity index is 3.30. The predicted octanol–water partition coefficient (Wildman–Crippen LogP) is 3.18. The van der Waals surface area contributed by atoms with Gasteiger partial charge in [-0.25, -0.2) is 0 Å². The van der Waals surface area contributed by atoms with Gasteiger partial charge in [0.25, 0.3) is 4.57 Å². The van der Waals surface area contributed by atoms with Gasteiger partial charge in [-0.2, -0.15) is 0 Å². The molecule has 0 heterocycles. The molecule has 64 valence electrons. The molecule has 0 aromatic rings. The quantitative estimate of drug-likeness (QED) is 0.408. The minimum atomic E-state index is -0.550. The summed E-state index contributed by atoms with van der Waals surface area (Å²) in [5.41, 5.74) is 0. The average molecular weight is 213 g/mol. The first-order valence-electron chi connectivity index (χ1n) is 3.21. The minimum absolute atomic E-state index is 0.207. The Labute approximate surface area is 80.6 Å². The molecule has 0 spiro atoms. The van der Waals surface area contributed by atoms with Gasteiger partial charge in [0.1, 0.15) is 0 Å². The smallest absolute Gasteiger partial charge is 0.288 e. The first kappa shape index (κ1) is 11.2. The van der Waals surface area contributed by atoms with Crippen molar-refractivity contribution in [3.8, 4) is 0 Å². The van der Waals surface area contributed by atoms with Gasteiger partial charge in [-0.1, -0.05) is 13.3 Å². The molecule has 5 heteroatoms. The van der Waals surface area contributed by atoms with Crippen LogP contribution in [0, 0.1) is 0 Å². The van der Waals surface area contributed by atoms with E-state index in [0.717, 1.165) is 24.6 Å². The van der Waals surface area contributed by atoms with Crippen molar-refractivity contribution >= 4 is 44.5 Å². The van der Waals surface area contributed by atoms with Crippen LogP contribution in [0.15, 0.2) is 0 Å². The molecule has 0 aliphatic heterocycles. The largest absolute Gasteiger partial charge is 0.478 e. The molecule has 2 nitrogen and oxygen atoms in total. The molecular formula is C6H9ClO2S2. The lowest BCUT2D eigenvalue weighted by Crippen LogP contribution is -1.99. The van der Waals surface area contributed by atoms with Crippen LogP contribution in [0.2, 0.25) is 0 Å². The third kappa shape index (κ3) is 8.10. The maximum Gasteiger partial charge on any atom is 0.288 e. The summed E-state index contributed by atoms with van der Waals surface area (Å²) >= 11 is 10.5. The Kier molecular flexibility index (Phi) is 7.01. The highest BCUT2D eigenvalue weighted by Gasteiger charge is 2.03. The summed E-state index contributed by atoms with van der Waals surface area (Å²) in [5.74, 6) is 0. The van der Waals surface area contributed by atoms with E-state index in [1.807, 2.05) is 6.92 Å². The lowest BCUT2D eigenvalue weighted by atomic mass is 10.4. The van der Waals surface area contributed by atoms with E-state index in [1.54, 1.807) is 0 Å². The maximum absolute atomic E-state index is 10.2. The second kappa shape index (κ2) is 6.88. The summed E-state index contributed by atoms with van der Waals surface area (Å²) in [6, 6.07) is 0. The van der Waals surface area contributed by atoms with Crippen molar-refractivity contribution in [1.82, 2.24) is 0 Å². The fourth-order valence-electron chi connectivity index (χ4n) is 0.395. The molecule has 0 radical (unpaired) electrons. The van der Waals surface area contributed by atoms with Crippen molar-refractivity contribution in [3.05, 3.63) is 0 Å². The number of ether oxygens (including phenoxy) is 1. The molecule has 0 aromatic carbocycles.